The van der Waals surface area contributed by atoms with E-state index in [2.05, 4.69) is 29.3 Å². The van der Waals surface area contributed by atoms with Gasteiger partial charge < -0.3 is 9.84 Å². The number of rotatable bonds is 7. The molecule has 1 heterocycles. The fourth-order valence-electron chi connectivity index (χ4n) is 2.97. The summed E-state index contributed by atoms with van der Waals surface area (Å²) in [7, 11) is 0. The lowest BCUT2D eigenvalue weighted by Crippen LogP contribution is -2.31. The zero-order chi connectivity index (χ0) is 14.2. The Morgan fingerprint density at radius 1 is 1.20 bits per heavy atom. The van der Waals surface area contributed by atoms with Gasteiger partial charge in [-0.1, -0.05) is 44.7 Å². The van der Waals surface area contributed by atoms with E-state index in [0.29, 0.717) is 12.0 Å². The Hall–Kier alpha value is -0.900. The van der Waals surface area contributed by atoms with Crippen molar-refractivity contribution in [3.05, 3.63) is 11.7 Å². The van der Waals surface area contributed by atoms with E-state index in [-0.39, 0.29) is 0 Å². The molecule has 2 rings (SSSR count). The Balaban J connectivity index is 1.90. The van der Waals surface area contributed by atoms with E-state index in [1.165, 1.54) is 38.5 Å². The molecule has 0 aromatic carbocycles. The predicted octanol–water partition coefficient (Wildman–Crippen LogP) is 3.83. The third-order valence-corrected chi connectivity index (χ3v) is 4.30. The van der Waals surface area contributed by atoms with Crippen LogP contribution in [0.5, 0.6) is 0 Å². The fourth-order valence-corrected chi connectivity index (χ4v) is 2.97. The Morgan fingerprint density at radius 2 is 1.95 bits per heavy atom. The van der Waals surface area contributed by atoms with E-state index in [1.54, 1.807) is 0 Å². The highest BCUT2D eigenvalue weighted by atomic mass is 16.5. The van der Waals surface area contributed by atoms with Crippen molar-refractivity contribution in [1.82, 2.24) is 15.5 Å². The van der Waals surface area contributed by atoms with Crippen molar-refractivity contribution in [3.63, 3.8) is 0 Å². The van der Waals surface area contributed by atoms with Gasteiger partial charge in [-0.05, 0) is 32.2 Å². The number of hydrogen-bond donors (Lipinski definition) is 1. The van der Waals surface area contributed by atoms with E-state index in [0.717, 1.165) is 37.5 Å². The zero-order valence-corrected chi connectivity index (χ0v) is 13.0. The second-order valence-corrected chi connectivity index (χ2v) is 6.00. The van der Waals surface area contributed by atoms with Gasteiger partial charge in [0, 0.05) is 18.4 Å². The molecule has 1 unspecified atom stereocenters. The lowest BCUT2D eigenvalue weighted by Gasteiger charge is -2.13. The topological polar surface area (TPSA) is 51.0 Å². The van der Waals surface area contributed by atoms with Crippen molar-refractivity contribution in [2.45, 2.75) is 83.6 Å². The van der Waals surface area contributed by atoms with Crippen LogP contribution in [0.1, 0.15) is 82.8 Å². The molecule has 1 atom stereocenters. The van der Waals surface area contributed by atoms with Gasteiger partial charge in [0.2, 0.25) is 5.89 Å². The molecule has 20 heavy (non-hydrogen) atoms. The Morgan fingerprint density at radius 3 is 2.60 bits per heavy atom. The van der Waals surface area contributed by atoms with Gasteiger partial charge in [0.15, 0.2) is 5.82 Å². The van der Waals surface area contributed by atoms with E-state index in [9.17, 15) is 0 Å². The molecule has 0 saturated heterocycles. The normalized spacial score (nSPS) is 18.9. The number of nitrogens with one attached hydrogen (secondary N) is 1. The van der Waals surface area contributed by atoms with Crippen molar-refractivity contribution >= 4 is 0 Å². The molecule has 1 aliphatic carbocycles. The standard InChI is InChI=1S/C16H29N3O/c1-3-11-17-14(4-2)12-15-18-16(19-20-15)13-9-7-5-6-8-10-13/h13-14,17H,3-12H2,1-2H3. The minimum atomic E-state index is 0.456. The first-order valence-electron chi connectivity index (χ1n) is 8.39. The summed E-state index contributed by atoms with van der Waals surface area (Å²) in [5.41, 5.74) is 0. The van der Waals surface area contributed by atoms with Crippen molar-refractivity contribution in [2.75, 3.05) is 6.54 Å². The first-order valence-corrected chi connectivity index (χ1v) is 8.39. The third kappa shape index (κ3) is 4.58. The minimum absolute atomic E-state index is 0.456. The van der Waals surface area contributed by atoms with Crippen LogP contribution in [0.2, 0.25) is 0 Å². The third-order valence-electron chi connectivity index (χ3n) is 4.30. The van der Waals surface area contributed by atoms with Crippen molar-refractivity contribution in [3.8, 4) is 0 Å². The van der Waals surface area contributed by atoms with Crippen molar-refractivity contribution in [1.29, 1.82) is 0 Å². The maximum atomic E-state index is 5.47. The lowest BCUT2D eigenvalue weighted by atomic mass is 10.00. The molecule has 1 fully saturated rings. The average Bonchev–Trinajstić information content (AvgIpc) is 2.76. The summed E-state index contributed by atoms with van der Waals surface area (Å²) in [6.45, 7) is 5.45. The molecular weight excluding hydrogens is 250 g/mol. The Labute approximate surface area is 122 Å². The van der Waals surface area contributed by atoms with Crippen LogP contribution in [0.4, 0.5) is 0 Å². The predicted molar refractivity (Wildman–Crippen MR) is 80.8 cm³/mol. The van der Waals surface area contributed by atoms with E-state index >= 15 is 0 Å². The quantitative estimate of drug-likeness (QED) is 0.771. The first-order chi connectivity index (χ1) is 9.83. The SMILES string of the molecule is CCCNC(CC)Cc1nc(C2CCCCCC2)no1. The number of hydrogen-bond acceptors (Lipinski definition) is 4. The van der Waals surface area contributed by atoms with Crippen LogP contribution >= 0.6 is 0 Å². The molecular formula is C16H29N3O. The van der Waals surface area contributed by atoms with Gasteiger partial charge in [0.05, 0.1) is 0 Å². The van der Waals surface area contributed by atoms with Crippen LogP contribution in [-0.2, 0) is 6.42 Å². The smallest absolute Gasteiger partial charge is 0.228 e. The van der Waals surface area contributed by atoms with Crippen LogP contribution in [0, 0.1) is 0 Å². The molecule has 114 valence electrons. The molecule has 0 bridgehead atoms. The molecule has 0 radical (unpaired) electrons. The summed E-state index contributed by atoms with van der Waals surface area (Å²) in [5, 5.41) is 7.77. The molecule has 1 aromatic heterocycles. The summed E-state index contributed by atoms with van der Waals surface area (Å²) in [6.07, 6.45) is 10.9. The highest BCUT2D eigenvalue weighted by molar-refractivity contribution is 4.97. The van der Waals surface area contributed by atoms with Crippen LogP contribution in [-0.4, -0.2) is 22.7 Å². The second kappa shape index (κ2) is 8.40. The average molecular weight is 279 g/mol. The van der Waals surface area contributed by atoms with E-state index in [4.69, 9.17) is 4.52 Å². The summed E-state index contributed by atoms with van der Waals surface area (Å²) >= 11 is 0. The minimum Gasteiger partial charge on any atom is -0.339 e. The van der Waals surface area contributed by atoms with Gasteiger partial charge in [-0.25, -0.2) is 0 Å². The van der Waals surface area contributed by atoms with Gasteiger partial charge in [-0.3, -0.25) is 0 Å². The van der Waals surface area contributed by atoms with Crippen LogP contribution in [0.3, 0.4) is 0 Å². The molecule has 1 saturated carbocycles. The maximum absolute atomic E-state index is 5.47. The van der Waals surface area contributed by atoms with E-state index < -0.39 is 0 Å². The number of nitrogens with zero attached hydrogens (tertiary/aromatic N) is 2. The summed E-state index contributed by atoms with van der Waals surface area (Å²) in [5.74, 6) is 2.28. The van der Waals surface area contributed by atoms with Crippen LogP contribution in [0.25, 0.3) is 0 Å². The zero-order valence-electron chi connectivity index (χ0n) is 13.0. The first kappa shape index (κ1) is 15.5. The molecule has 1 aromatic rings. The molecule has 1 aliphatic rings. The fraction of sp³-hybridized carbons (Fsp3) is 0.875. The largest absolute Gasteiger partial charge is 0.339 e. The summed E-state index contributed by atoms with van der Waals surface area (Å²) < 4.78 is 5.47. The molecule has 0 spiro atoms. The monoisotopic (exact) mass is 279 g/mol. The Kier molecular flexibility index (Phi) is 6.51. The Bertz CT molecular complexity index is 370. The summed E-state index contributed by atoms with van der Waals surface area (Å²) in [6, 6.07) is 0.456. The number of aromatic nitrogens is 2. The molecule has 0 amide bonds. The molecule has 1 N–H and O–H groups in total. The van der Waals surface area contributed by atoms with Crippen LogP contribution < -0.4 is 5.32 Å². The van der Waals surface area contributed by atoms with Gasteiger partial charge in [-0.2, -0.15) is 4.98 Å². The van der Waals surface area contributed by atoms with E-state index in [1.807, 2.05) is 0 Å². The van der Waals surface area contributed by atoms with Crippen molar-refractivity contribution < 1.29 is 4.52 Å². The van der Waals surface area contributed by atoms with Crippen LogP contribution in [0.15, 0.2) is 4.52 Å². The van der Waals surface area contributed by atoms with Gasteiger partial charge >= 0.3 is 0 Å². The van der Waals surface area contributed by atoms with Gasteiger partial charge in [0.1, 0.15) is 0 Å². The molecule has 4 heteroatoms. The summed E-state index contributed by atoms with van der Waals surface area (Å²) in [4.78, 5) is 4.65. The van der Waals surface area contributed by atoms with Gasteiger partial charge in [-0.15, -0.1) is 0 Å². The molecule has 0 aliphatic heterocycles. The maximum Gasteiger partial charge on any atom is 0.228 e. The van der Waals surface area contributed by atoms with Crippen molar-refractivity contribution in [2.24, 2.45) is 0 Å². The highest BCUT2D eigenvalue weighted by Gasteiger charge is 2.20. The molecule has 4 nitrogen and oxygen atoms in total. The highest BCUT2D eigenvalue weighted by Crippen LogP contribution is 2.29. The second-order valence-electron chi connectivity index (χ2n) is 6.00. The van der Waals surface area contributed by atoms with Gasteiger partial charge in [0.25, 0.3) is 0 Å². The lowest BCUT2D eigenvalue weighted by molar-refractivity contribution is 0.346.